The molecule has 0 aliphatic heterocycles. The first-order valence-electron chi connectivity index (χ1n) is 1.41. The largest absolute Gasteiger partial charge is 0.411 e. The van der Waals surface area contributed by atoms with Crippen LogP contribution in [0, 0.1) is 0 Å². The van der Waals surface area contributed by atoms with Crippen molar-refractivity contribution in [2.75, 3.05) is 0 Å². The van der Waals surface area contributed by atoms with Gasteiger partial charge in [-0.2, -0.15) is 13.2 Å². The summed E-state index contributed by atoms with van der Waals surface area (Å²) in [5.41, 5.74) is 0. The fourth-order valence-corrected chi connectivity index (χ4v) is 0.0714. The first kappa shape index (κ1) is 10.4. The van der Waals surface area contributed by atoms with Gasteiger partial charge in [-0.05, 0) is 0 Å². The summed E-state index contributed by atoms with van der Waals surface area (Å²) >= 11 is 0. The molecule has 0 aromatic carbocycles. The highest BCUT2D eigenvalue weighted by atomic mass is 19.4. The van der Waals surface area contributed by atoms with Gasteiger partial charge in [-0.1, -0.05) is 0 Å². The zero-order valence-electron chi connectivity index (χ0n) is 3.87. The minimum Gasteiger partial charge on any atom is -0.344 e. The minimum atomic E-state index is -4.51. The van der Waals surface area contributed by atoms with Crippen LogP contribution in [0.25, 0.3) is 0 Å². The normalized spacial score (nSPS) is 11.5. The topological polar surface area (TPSA) is 35.0 Å². The lowest BCUT2D eigenvalue weighted by Gasteiger charge is -1.92. The van der Waals surface area contributed by atoms with Crippen molar-refractivity contribution in [2.45, 2.75) is 6.18 Å². The molecule has 0 saturated carbocycles. The maximum atomic E-state index is 10.7. The first-order valence-corrected chi connectivity index (χ1v) is 1.41. The predicted octanol–water partition coefficient (Wildman–Crippen LogP) is 2.19. The van der Waals surface area contributed by atoms with E-state index in [1.54, 1.807) is 0 Å². The monoisotopic (exact) mass is 131 g/mol. The molecule has 0 aliphatic rings. The number of halogens is 4. The molecule has 0 aromatic rings. The van der Waals surface area contributed by atoms with Crippen molar-refractivity contribution in [3.8, 4) is 0 Å². The summed E-state index contributed by atoms with van der Waals surface area (Å²) < 4.78 is 42.8. The Morgan fingerprint density at radius 3 is 1.50 bits per heavy atom. The Hall–Kier alpha value is -0.580. The van der Waals surface area contributed by atoms with E-state index >= 15 is 0 Å². The molecule has 0 aromatic heterocycles. The zero-order chi connectivity index (χ0) is 5.91. The molecule has 0 unspecified atom stereocenters. The Balaban J connectivity index is 0. The van der Waals surface area contributed by atoms with Gasteiger partial charge in [-0.25, -0.2) is 4.39 Å². The van der Waals surface area contributed by atoms with Crippen molar-refractivity contribution < 1.29 is 17.6 Å². The molecule has 8 heavy (non-hydrogen) atoms. The maximum Gasteiger partial charge on any atom is 0.411 e. The number of hydrogen-bond acceptors (Lipinski definition) is 1. The van der Waals surface area contributed by atoms with E-state index in [4.69, 9.17) is 0 Å². The van der Waals surface area contributed by atoms with E-state index in [2.05, 4.69) is 0 Å². The zero-order valence-corrected chi connectivity index (χ0v) is 3.87. The third-order valence-corrected chi connectivity index (χ3v) is 0.252. The highest BCUT2D eigenvalue weighted by molar-refractivity contribution is 4.80. The van der Waals surface area contributed by atoms with Crippen molar-refractivity contribution in [2.24, 2.45) is 0 Å². The van der Waals surface area contributed by atoms with Crippen LogP contribution < -0.4 is 6.15 Å². The van der Waals surface area contributed by atoms with Crippen LogP contribution in [-0.2, 0) is 0 Å². The summed E-state index contributed by atoms with van der Waals surface area (Å²) in [6.07, 6.45) is -5.53. The molecule has 3 N–H and O–H groups in total. The van der Waals surface area contributed by atoms with E-state index in [-0.39, 0.29) is 6.15 Å². The standard InChI is InChI=1S/C3H2F4.H3N/c4-2-1-3(5,6)7;/h1-2H;1H3. The molecule has 0 fully saturated rings. The molecule has 0 spiro atoms. The summed E-state index contributed by atoms with van der Waals surface area (Å²) in [6.45, 7) is 0. The Morgan fingerprint density at radius 2 is 1.50 bits per heavy atom. The van der Waals surface area contributed by atoms with Crippen LogP contribution in [0.5, 0.6) is 0 Å². The molecule has 0 saturated heterocycles. The first-order chi connectivity index (χ1) is 3.06. The molecule has 0 heterocycles. The maximum absolute atomic E-state index is 10.7. The lowest BCUT2D eigenvalue weighted by Crippen LogP contribution is -1.99. The molecule has 5 heteroatoms. The molecular formula is C3H5F4N. The van der Waals surface area contributed by atoms with Crippen LogP contribution in [0.1, 0.15) is 0 Å². The summed E-state index contributed by atoms with van der Waals surface area (Å²) in [4.78, 5) is 0. The summed E-state index contributed by atoms with van der Waals surface area (Å²) in [7, 11) is 0. The Morgan fingerprint density at radius 1 is 1.12 bits per heavy atom. The Bertz CT molecular complexity index is 73.8. The molecule has 1 nitrogen and oxygen atoms in total. The van der Waals surface area contributed by atoms with Crippen molar-refractivity contribution in [1.82, 2.24) is 6.15 Å². The summed E-state index contributed by atoms with van der Waals surface area (Å²) in [6, 6.07) is 0. The van der Waals surface area contributed by atoms with Gasteiger partial charge in [-0.15, -0.1) is 0 Å². The van der Waals surface area contributed by atoms with Crippen LogP contribution in [0.4, 0.5) is 17.6 Å². The van der Waals surface area contributed by atoms with Crippen molar-refractivity contribution in [3.05, 3.63) is 12.4 Å². The number of hydrogen-bond donors (Lipinski definition) is 1. The molecule has 0 bridgehead atoms. The fraction of sp³-hybridized carbons (Fsp3) is 0.333. The Kier molecular flexibility index (Phi) is 4.46. The van der Waals surface area contributed by atoms with Crippen LogP contribution in [-0.4, -0.2) is 6.18 Å². The van der Waals surface area contributed by atoms with Crippen LogP contribution in [0.3, 0.4) is 0 Å². The lowest BCUT2D eigenvalue weighted by atomic mass is 10.6. The van der Waals surface area contributed by atoms with E-state index < -0.39 is 18.6 Å². The summed E-state index contributed by atoms with van der Waals surface area (Å²) in [5.74, 6) is 0. The predicted molar refractivity (Wildman–Crippen MR) is 21.3 cm³/mol. The van der Waals surface area contributed by atoms with Gasteiger partial charge in [0, 0.05) is 6.08 Å². The Labute approximate surface area is 43.6 Å². The summed E-state index contributed by atoms with van der Waals surface area (Å²) in [5, 5.41) is 0. The van der Waals surface area contributed by atoms with Crippen molar-refractivity contribution in [3.63, 3.8) is 0 Å². The minimum absolute atomic E-state index is 0. The third-order valence-electron chi connectivity index (χ3n) is 0.252. The highest BCUT2D eigenvalue weighted by Crippen LogP contribution is 2.15. The van der Waals surface area contributed by atoms with E-state index in [9.17, 15) is 17.6 Å². The van der Waals surface area contributed by atoms with E-state index in [1.165, 1.54) is 0 Å². The second kappa shape index (κ2) is 3.43. The van der Waals surface area contributed by atoms with Gasteiger partial charge in [-0.3, -0.25) is 0 Å². The van der Waals surface area contributed by atoms with Gasteiger partial charge >= 0.3 is 6.18 Å². The molecule has 50 valence electrons. The average Bonchev–Trinajstić information content (AvgIpc) is 1.30. The number of allylic oxidation sites excluding steroid dienone is 1. The van der Waals surface area contributed by atoms with Gasteiger partial charge in [0.05, 0.1) is 6.33 Å². The van der Waals surface area contributed by atoms with Gasteiger partial charge in [0.15, 0.2) is 0 Å². The highest BCUT2D eigenvalue weighted by Gasteiger charge is 2.21. The average molecular weight is 131 g/mol. The molecule has 0 atom stereocenters. The van der Waals surface area contributed by atoms with Crippen LogP contribution >= 0.6 is 0 Å². The van der Waals surface area contributed by atoms with Crippen molar-refractivity contribution in [1.29, 1.82) is 0 Å². The fourth-order valence-electron chi connectivity index (χ4n) is 0.0714. The quantitative estimate of drug-likeness (QED) is 0.502. The smallest absolute Gasteiger partial charge is 0.344 e. The van der Waals surface area contributed by atoms with E-state index in [0.717, 1.165) is 0 Å². The van der Waals surface area contributed by atoms with Gasteiger partial charge in [0.2, 0.25) is 0 Å². The van der Waals surface area contributed by atoms with Gasteiger partial charge in [0.25, 0.3) is 0 Å². The second-order valence-electron chi connectivity index (χ2n) is 0.834. The van der Waals surface area contributed by atoms with Crippen molar-refractivity contribution >= 4 is 0 Å². The van der Waals surface area contributed by atoms with Gasteiger partial charge in [0.1, 0.15) is 0 Å². The van der Waals surface area contributed by atoms with E-state index in [0.29, 0.717) is 0 Å². The molecule has 0 aliphatic carbocycles. The second-order valence-corrected chi connectivity index (χ2v) is 0.834. The molecule has 0 radical (unpaired) electrons. The van der Waals surface area contributed by atoms with E-state index in [1.807, 2.05) is 0 Å². The lowest BCUT2D eigenvalue weighted by molar-refractivity contribution is -0.0805. The number of alkyl halides is 3. The SMILES string of the molecule is FC=CC(F)(F)F.N. The third kappa shape index (κ3) is 9.05. The van der Waals surface area contributed by atoms with Crippen LogP contribution in [0.15, 0.2) is 12.4 Å². The molecule has 0 rings (SSSR count). The van der Waals surface area contributed by atoms with Gasteiger partial charge < -0.3 is 6.15 Å². The molecule has 0 amide bonds. The molecular weight excluding hydrogens is 126 g/mol. The number of rotatable bonds is 0. The van der Waals surface area contributed by atoms with Crippen LogP contribution in [0.2, 0.25) is 0 Å².